The molecule has 0 aliphatic rings. The van der Waals surface area contributed by atoms with Gasteiger partial charge in [0.15, 0.2) is 0 Å². The SMILES string of the molecule is NC(Cc1ccc(F)c(Br)c1)c1cccc(Cl)c1F. The summed E-state index contributed by atoms with van der Waals surface area (Å²) in [5.41, 5.74) is 7.15. The minimum absolute atomic E-state index is 0.0493. The van der Waals surface area contributed by atoms with E-state index in [1.807, 2.05) is 0 Å². The van der Waals surface area contributed by atoms with Gasteiger partial charge in [-0.05, 0) is 46.1 Å². The Labute approximate surface area is 123 Å². The van der Waals surface area contributed by atoms with Crippen LogP contribution >= 0.6 is 27.5 Å². The molecule has 1 nitrogen and oxygen atoms in total. The fourth-order valence-corrected chi connectivity index (χ4v) is 2.45. The number of rotatable bonds is 3. The zero-order valence-electron chi connectivity index (χ0n) is 9.84. The monoisotopic (exact) mass is 345 g/mol. The molecule has 2 aromatic rings. The van der Waals surface area contributed by atoms with Gasteiger partial charge in [0.25, 0.3) is 0 Å². The van der Waals surface area contributed by atoms with Gasteiger partial charge in [-0.1, -0.05) is 29.8 Å². The van der Waals surface area contributed by atoms with Gasteiger partial charge in [-0.3, -0.25) is 0 Å². The fourth-order valence-electron chi connectivity index (χ4n) is 1.84. The molecule has 1 unspecified atom stereocenters. The molecule has 5 heteroatoms. The maximum Gasteiger partial charge on any atom is 0.146 e. The third kappa shape index (κ3) is 3.32. The normalized spacial score (nSPS) is 12.5. The van der Waals surface area contributed by atoms with Crippen LogP contribution in [0.25, 0.3) is 0 Å². The summed E-state index contributed by atoms with van der Waals surface area (Å²) < 4.78 is 27.3. The van der Waals surface area contributed by atoms with Crippen molar-refractivity contribution in [2.24, 2.45) is 5.73 Å². The maximum absolute atomic E-state index is 13.8. The molecule has 0 aliphatic heterocycles. The quantitative estimate of drug-likeness (QED) is 0.862. The van der Waals surface area contributed by atoms with Crippen molar-refractivity contribution in [1.82, 2.24) is 0 Å². The third-order valence-corrected chi connectivity index (χ3v) is 3.72. The smallest absolute Gasteiger partial charge is 0.146 e. The number of halogens is 4. The molecule has 100 valence electrons. The van der Waals surface area contributed by atoms with Gasteiger partial charge in [0.2, 0.25) is 0 Å². The average Bonchev–Trinajstić information content (AvgIpc) is 2.37. The van der Waals surface area contributed by atoms with Gasteiger partial charge in [-0.25, -0.2) is 8.78 Å². The zero-order valence-corrected chi connectivity index (χ0v) is 12.2. The van der Waals surface area contributed by atoms with E-state index >= 15 is 0 Å². The van der Waals surface area contributed by atoms with E-state index in [1.165, 1.54) is 12.1 Å². The molecule has 0 fully saturated rings. The minimum atomic E-state index is -0.531. The van der Waals surface area contributed by atoms with Crippen molar-refractivity contribution in [1.29, 1.82) is 0 Å². The Morgan fingerprint density at radius 2 is 1.95 bits per heavy atom. The lowest BCUT2D eigenvalue weighted by molar-refractivity contribution is 0.579. The molecule has 0 saturated heterocycles. The molecule has 0 spiro atoms. The Bertz CT molecular complexity index is 604. The summed E-state index contributed by atoms with van der Waals surface area (Å²) >= 11 is 8.83. The molecule has 0 radical (unpaired) electrons. The molecule has 2 N–H and O–H groups in total. The molecule has 0 aliphatic carbocycles. The van der Waals surface area contributed by atoms with E-state index in [2.05, 4.69) is 15.9 Å². The van der Waals surface area contributed by atoms with Crippen LogP contribution in [0.2, 0.25) is 5.02 Å². The minimum Gasteiger partial charge on any atom is -0.324 e. The first-order valence-electron chi connectivity index (χ1n) is 5.62. The number of hydrogen-bond acceptors (Lipinski definition) is 1. The highest BCUT2D eigenvalue weighted by molar-refractivity contribution is 9.10. The first kappa shape index (κ1) is 14.4. The van der Waals surface area contributed by atoms with E-state index in [9.17, 15) is 8.78 Å². The molecular formula is C14H11BrClF2N. The van der Waals surface area contributed by atoms with Gasteiger partial charge in [0.1, 0.15) is 11.6 Å². The predicted molar refractivity (Wildman–Crippen MR) is 76.1 cm³/mol. The Balaban J connectivity index is 2.23. The lowest BCUT2D eigenvalue weighted by atomic mass is 9.99. The van der Waals surface area contributed by atoms with E-state index in [1.54, 1.807) is 24.3 Å². The van der Waals surface area contributed by atoms with Gasteiger partial charge in [0.05, 0.1) is 9.50 Å². The second kappa shape index (κ2) is 5.99. The number of benzene rings is 2. The van der Waals surface area contributed by atoms with Crippen LogP contribution < -0.4 is 5.73 Å². The molecule has 0 heterocycles. The van der Waals surface area contributed by atoms with Crippen LogP contribution in [0.1, 0.15) is 17.2 Å². The highest BCUT2D eigenvalue weighted by Crippen LogP contribution is 2.25. The van der Waals surface area contributed by atoms with E-state index in [-0.39, 0.29) is 10.8 Å². The molecule has 2 rings (SSSR count). The Morgan fingerprint density at radius 3 is 2.63 bits per heavy atom. The summed E-state index contributed by atoms with van der Waals surface area (Å²) in [6, 6.07) is 8.81. The van der Waals surface area contributed by atoms with E-state index in [0.717, 1.165) is 5.56 Å². The highest BCUT2D eigenvalue weighted by Gasteiger charge is 2.14. The summed E-state index contributed by atoms with van der Waals surface area (Å²) in [5, 5.41) is 0.0493. The molecule has 0 aromatic heterocycles. The van der Waals surface area contributed by atoms with Gasteiger partial charge < -0.3 is 5.73 Å². The van der Waals surface area contributed by atoms with Crippen molar-refractivity contribution >= 4 is 27.5 Å². The highest BCUT2D eigenvalue weighted by atomic mass is 79.9. The molecule has 0 saturated carbocycles. The molecule has 2 aromatic carbocycles. The van der Waals surface area contributed by atoms with Gasteiger partial charge >= 0.3 is 0 Å². The first-order chi connectivity index (χ1) is 8.99. The van der Waals surface area contributed by atoms with Crippen LogP contribution in [0, 0.1) is 11.6 Å². The summed E-state index contributed by atoms with van der Waals surface area (Å²) in [6.45, 7) is 0. The Hall–Kier alpha value is -0.970. The zero-order chi connectivity index (χ0) is 14.0. The summed E-state index contributed by atoms with van der Waals surface area (Å²) in [4.78, 5) is 0. The standard InChI is InChI=1S/C14H11BrClF2N/c15-10-6-8(4-5-12(10)17)7-13(19)9-2-1-3-11(16)14(9)18/h1-6,13H,7,19H2. The molecule has 0 amide bonds. The van der Waals surface area contributed by atoms with Crippen molar-refractivity contribution in [2.45, 2.75) is 12.5 Å². The van der Waals surface area contributed by atoms with Crippen LogP contribution in [-0.2, 0) is 6.42 Å². The molecule has 1 atom stereocenters. The van der Waals surface area contributed by atoms with Gasteiger partial charge in [-0.15, -0.1) is 0 Å². The molecular weight excluding hydrogens is 336 g/mol. The second-order valence-electron chi connectivity index (χ2n) is 4.20. The van der Waals surface area contributed by atoms with Crippen molar-refractivity contribution in [2.75, 3.05) is 0 Å². The average molecular weight is 347 g/mol. The largest absolute Gasteiger partial charge is 0.324 e. The number of hydrogen-bond donors (Lipinski definition) is 1. The Morgan fingerprint density at radius 1 is 1.21 bits per heavy atom. The van der Waals surface area contributed by atoms with Crippen molar-refractivity contribution in [3.63, 3.8) is 0 Å². The number of nitrogens with two attached hydrogens (primary N) is 1. The van der Waals surface area contributed by atoms with Crippen LogP contribution in [0.3, 0.4) is 0 Å². The fraction of sp³-hybridized carbons (Fsp3) is 0.143. The third-order valence-electron chi connectivity index (χ3n) is 2.82. The second-order valence-corrected chi connectivity index (χ2v) is 5.46. The maximum atomic E-state index is 13.8. The van der Waals surface area contributed by atoms with Crippen LogP contribution in [0.15, 0.2) is 40.9 Å². The van der Waals surface area contributed by atoms with Gasteiger partial charge in [0, 0.05) is 11.6 Å². The molecule has 0 bridgehead atoms. The lowest BCUT2D eigenvalue weighted by Gasteiger charge is -2.14. The first-order valence-corrected chi connectivity index (χ1v) is 6.79. The van der Waals surface area contributed by atoms with E-state index in [0.29, 0.717) is 16.5 Å². The summed E-state index contributed by atoms with van der Waals surface area (Å²) in [7, 11) is 0. The van der Waals surface area contributed by atoms with E-state index < -0.39 is 11.9 Å². The van der Waals surface area contributed by atoms with Crippen molar-refractivity contribution in [3.05, 3.63) is 68.7 Å². The van der Waals surface area contributed by atoms with Gasteiger partial charge in [-0.2, -0.15) is 0 Å². The van der Waals surface area contributed by atoms with E-state index in [4.69, 9.17) is 17.3 Å². The van der Waals surface area contributed by atoms with Crippen LogP contribution in [0.5, 0.6) is 0 Å². The molecule has 19 heavy (non-hydrogen) atoms. The summed E-state index contributed by atoms with van der Waals surface area (Å²) in [6.07, 6.45) is 0.399. The van der Waals surface area contributed by atoms with Crippen LogP contribution in [-0.4, -0.2) is 0 Å². The van der Waals surface area contributed by atoms with Crippen LogP contribution in [0.4, 0.5) is 8.78 Å². The van der Waals surface area contributed by atoms with Crippen molar-refractivity contribution < 1.29 is 8.78 Å². The Kier molecular flexibility index (Phi) is 4.55. The van der Waals surface area contributed by atoms with Crippen molar-refractivity contribution in [3.8, 4) is 0 Å². The summed E-state index contributed by atoms with van der Waals surface area (Å²) in [5.74, 6) is -0.843. The topological polar surface area (TPSA) is 26.0 Å². The lowest BCUT2D eigenvalue weighted by Crippen LogP contribution is -2.15. The predicted octanol–water partition coefficient (Wildman–Crippen LogP) is 4.62.